The zero-order chi connectivity index (χ0) is 38.0. The molecule has 0 saturated carbocycles. The Bertz CT molecular complexity index is 1330. The number of hydrogen-bond acceptors (Lipinski definition) is 11. The van der Waals surface area contributed by atoms with Crippen molar-refractivity contribution < 1.29 is 38.7 Å². The van der Waals surface area contributed by atoms with Crippen molar-refractivity contribution >= 4 is 47.5 Å². The summed E-state index contributed by atoms with van der Waals surface area (Å²) in [5, 5.41) is 27.9. The third-order valence-electron chi connectivity index (χ3n) is 7.57. The minimum atomic E-state index is -1.26. The molecule has 0 saturated heterocycles. The van der Waals surface area contributed by atoms with Gasteiger partial charge in [-0.1, -0.05) is 19.0 Å². The van der Waals surface area contributed by atoms with Crippen LogP contribution >= 0.6 is 0 Å². The van der Waals surface area contributed by atoms with E-state index in [0.29, 0.717) is 25.8 Å². The van der Waals surface area contributed by atoms with Crippen molar-refractivity contribution in [2.75, 3.05) is 32.1 Å². The summed E-state index contributed by atoms with van der Waals surface area (Å²) in [6.07, 6.45) is 2.89. The minimum Gasteiger partial charge on any atom is -0.481 e. The number of nitrogens with one attached hydrogen (secondary N) is 4. The van der Waals surface area contributed by atoms with Crippen LogP contribution in [0.4, 0.5) is 5.82 Å². The lowest BCUT2D eigenvalue weighted by Gasteiger charge is -2.27. The molecule has 282 valence electrons. The fourth-order valence-electron chi connectivity index (χ4n) is 5.19. The number of aromatic nitrogens is 2. The third kappa shape index (κ3) is 15.7. The molecule has 0 unspecified atom stereocenters. The second-order valence-electron chi connectivity index (χ2n) is 12.7. The van der Waals surface area contributed by atoms with Crippen LogP contribution in [-0.4, -0.2) is 108 Å². The van der Waals surface area contributed by atoms with Gasteiger partial charge >= 0.3 is 5.97 Å². The fourth-order valence-corrected chi connectivity index (χ4v) is 5.19. The van der Waals surface area contributed by atoms with E-state index in [0.717, 1.165) is 17.1 Å². The minimum absolute atomic E-state index is 0.0681. The molecule has 1 aromatic heterocycles. The highest BCUT2D eigenvalue weighted by Crippen LogP contribution is 2.19. The van der Waals surface area contributed by atoms with Crippen molar-refractivity contribution in [2.24, 2.45) is 29.6 Å². The monoisotopic (exact) mass is 708 g/mol. The molecular weight excluding hydrogens is 652 g/mol. The zero-order valence-corrected chi connectivity index (χ0v) is 30.3. The van der Waals surface area contributed by atoms with Crippen LogP contribution in [0.25, 0.3) is 0 Å². The summed E-state index contributed by atoms with van der Waals surface area (Å²) < 4.78 is 1.74. The quantitative estimate of drug-likeness (QED) is 0.0405. The van der Waals surface area contributed by atoms with Crippen LogP contribution in [0.2, 0.25) is 0 Å². The van der Waals surface area contributed by atoms with E-state index >= 15 is 0 Å². The lowest BCUT2D eigenvalue weighted by Crippen LogP contribution is -2.58. The maximum absolute atomic E-state index is 13.6. The second-order valence-corrected chi connectivity index (χ2v) is 12.7. The van der Waals surface area contributed by atoms with Gasteiger partial charge in [0.2, 0.25) is 29.5 Å². The predicted octanol–water partition coefficient (Wildman–Crippen LogP) is -0.590. The van der Waals surface area contributed by atoms with Crippen molar-refractivity contribution in [3.05, 3.63) is 11.3 Å². The van der Waals surface area contributed by atoms with Crippen molar-refractivity contribution in [3.8, 4) is 0 Å². The smallest absolute Gasteiger partial charge is 0.303 e. The number of nitrogens with zero attached hydrogens (tertiary/aromatic N) is 4. The molecule has 0 bridgehead atoms. The molecular formula is C32H56N10O8. The van der Waals surface area contributed by atoms with Gasteiger partial charge in [-0.2, -0.15) is 5.10 Å². The number of amides is 5. The highest BCUT2D eigenvalue weighted by Gasteiger charge is 2.31. The summed E-state index contributed by atoms with van der Waals surface area (Å²) in [5.74, 6) is -3.72. The third-order valence-corrected chi connectivity index (χ3v) is 7.57. The van der Waals surface area contributed by atoms with Crippen molar-refractivity contribution in [3.63, 3.8) is 0 Å². The summed E-state index contributed by atoms with van der Waals surface area (Å²) in [6, 6.07) is -4.45. The molecule has 9 N–H and O–H groups in total. The molecule has 1 rings (SSSR count). The van der Waals surface area contributed by atoms with Crippen LogP contribution in [0.3, 0.4) is 0 Å². The van der Waals surface area contributed by atoms with Gasteiger partial charge in [-0.25, -0.2) is 0 Å². The average molecular weight is 709 g/mol. The molecule has 1 aromatic rings. The van der Waals surface area contributed by atoms with E-state index in [4.69, 9.17) is 21.4 Å². The molecule has 18 heteroatoms. The van der Waals surface area contributed by atoms with Crippen molar-refractivity contribution in [1.29, 1.82) is 0 Å². The number of anilines is 1. The summed E-state index contributed by atoms with van der Waals surface area (Å²) in [7, 11) is 5.61. The number of carboxylic acid groups (broad SMARTS) is 1. The van der Waals surface area contributed by atoms with Crippen LogP contribution in [0.5, 0.6) is 0 Å². The Morgan fingerprint density at radius 2 is 1.48 bits per heavy atom. The lowest BCUT2D eigenvalue weighted by molar-refractivity contribution is -0.138. The molecule has 5 amide bonds. The van der Waals surface area contributed by atoms with E-state index in [1.165, 1.54) is 6.92 Å². The summed E-state index contributed by atoms with van der Waals surface area (Å²) in [6.45, 7) is 7.29. The molecule has 0 spiro atoms. The number of aliphatic carboxylic acids is 1. The van der Waals surface area contributed by atoms with Gasteiger partial charge in [0.1, 0.15) is 36.6 Å². The first-order chi connectivity index (χ1) is 23.5. The molecule has 0 aliphatic heterocycles. The number of unbranched alkanes of at least 4 members (excludes halogenated alkanes) is 1. The topological polar surface area (TPSA) is 265 Å². The molecule has 0 radical (unpaired) electrons. The fraction of sp³-hybridized carbons (Fsp3) is 0.688. The number of hydrogen-bond donors (Lipinski definition) is 7. The number of oxime groups is 1. The standard InChI is InChI=1S/C32H56N10O8/c1-19(2)17-26(31(49)37-23(28(34)46)13-14-27(44)45)39-30(48)25(11-8-9-15-33)38-29(47)24(36-21(4)43)12-10-16-50-35-18-22-20(3)40-42(7)32(22)41(5)6/h18-19,23-26H,8-17,33H2,1-7H3,(H2,34,46)(H,36,43)(H,37,49)(H,38,47)(H,39,48)(H,44,45)/b35-18+/t23-,24-,25-,26-/m0/s1. The van der Waals surface area contributed by atoms with E-state index in [2.05, 4.69) is 31.5 Å². The maximum atomic E-state index is 13.6. The van der Waals surface area contributed by atoms with Crippen molar-refractivity contribution in [2.45, 2.75) is 103 Å². The van der Waals surface area contributed by atoms with Gasteiger partial charge in [0.15, 0.2) is 0 Å². The highest BCUT2D eigenvalue weighted by atomic mass is 16.6. The summed E-state index contributed by atoms with van der Waals surface area (Å²) in [4.78, 5) is 82.4. The Hall–Kier alpha value is -4.74. The van der Waals surface area contributed by atoms with Crippen LogP contribution < -0.4 is 37.6 Å². The molecule has 0 aromatic carbocycles. The molecule has 0 fully saturated rings. The Balaban J connectivity index is 3.01. The highest BCUT2D eigenvalue weighted by molar-refractivity contribution is 5.95. The van der Waals surface area contributed by atoms with Gasteiger partial charge in [0.25, 0.3) is 0 Å². The van der Waals surface area contributed by atoms with Crippen LogP contribution in [0.15, 0.2) is 5.16 Å². The largest absolute Gasteiger partial charge is 0.481 e. The number of rotatable bonds is 24. The first-order valence-electron chi connectivity index (χ1n) is 16.7. The van der Waals surface area contributed by atoms with Crippen LogP contribution in [0, 0.1) is 12.8 Å². The maximum Gasteiger partial charge on any atom is 0.303 e. The number of carboxylic acids is 1. The second kappa shape index (κ2) is 22.1. The Morgan fingerprint density at radius 1 is 0.920 bits per heavy atom. The first-order valence-corrected chi connectivity index (χ1v) is 16.7. The predicted molar refractivity (Wildman–Crippen MR) is 187 cm³/mol. The van der Waals surface area contributed by atoms with E-state index in [1.807, 2.05) is 46.8 Å². The number of nitrogens with two attached hydrogens (primary N) is 2. The molecule has 0 aliphatic rings. The van der Waals surface area contributed by atoms with Gasteiger partial charge < -0.3 is 47.6 Å². The van der Waals surface area contributed by atoms with Crippen molar-refractivity contribution in [1.82, 2.24) is 31.0 Å². The SMILES string of the molecule is CC(=O)N[C@@H](CCCO/N=C/c1c(C)nn(C)c1N(C)C)C(=O)N[C@@H](CCCCN)C(=O)N[C@@H](CC(C)C)C(=O)N[C@@H](CCC(=O)O)C(N)=O. The van der Waals surface area contributed by atoms with Crippen LogP contribution in [0.1, 0.15) is 83.4 Å². The Kier molecular flexibility index (Phi) is 19.1. The Labute approximate surface area is 293 Å². The van der Waals surface area contributed by atoms with Gasteiger partial charge in [-0.3, -0.25) is 33.4 Å². The number of carbonyl (C=O) groups excluding carboxylic acids is 5. The summed E-state index contributed by atoms with van der Waals surface area (Å²) in [5.41, 5.74) is 12.6. The van der Waals surface area contributed by atoms with Crippen LogP contribution in [-0.2, 0) is 40.7 Å². The first kappa shape index (κ1) is 43.3. The van der Waals surface area contributed by atoms with Gasteiger partial charge in [0, 0.05) is 34.5 Å². The number of aryl methyl sites for hydroxylation is 2. The molecule has 4 atom stereocenters. The summed E-state index contributed by atoms with van der Waals surface area (Å²) >= 11 is 0. The molecule has 1 heterocycles. The molecule has 0 aliphatic carbocycles. The van der Waals surface area contributed by atoms with Gasteiger partial charge in [0.05, 0.1) is 17.5 Å². The Morgan fingerprint density at radius 3 is 2.02 bits per heavy atom. The lowest BCUT2D eigenvalue weighted by atomic mass is 10.0. The number of primary amides is 1. The van der Waals surface area contributed by atoms with E-state index in [-0.39, 0.29) is 38.2 Å². The van der Waals surface area contributed by atoms with Gasteiger partial charge in [-0.05, 0) is 64.3 Å². The normalized spacial score (nSPS) is 13.6. The average Bonchev–Trinajstić information content (AvgIpc) is 3.30. The van der Waals surface area contributed by atoms with E-state index < -0.39 is 66.1 Å². The molecule has 18 nitrogen and oxygen atoms in total. The van der Waals surface area contributed by atoms with E-state index in [1.54, 1.807) is 10.9 Å². The zero-order valence-electron chi connectivity index (χ0n) is 30.3. The number of carbonyl (C=O) groups is 6. The van der Waals surface area contributed by atoms with E-state index in [9.17, 15) is 28.8 Å². The molecule has 50 heavy (non-hydrogen) atoms. The van der Waals surface area contributed by atoms with Gasteiger partial charge in [-0.15, -0.1) is 0 Å².